The molecule has 2 heteroatoms. The standard InChI is InChI=1S/C18H21NO/c1-18(2,3)20-17-13-9-5-7-11-15(13)19(4)16-12-8-6-10-14(16)17/h5-12,17H,1-4H3. The Hall–Kier alpha value is -1.80. The van der Waals surface area contributed by atoms with E-state index in [1.807, 2.05) is 0 Å². The van der Waals surface area contributed by atoms with Gasteiger partial charge in [-0.05, 0) is 32.9 Å². The van der Waals surface area contributed by atoms with Gasteiger partial charge < -0.3 is 9.64 Å². The lowest BCUT2D eigenvalue weighted by atomic mass is 9.92. The molecule has 0 aromatic heterocycles. The van der Waals surface area contributed by atoms with Crippen molar-refractivity contribution in [2.75, 3.05) is 11.9 Å². The molecular formula is C18H21NO. The van der Waals surface area contributed by atoms with Gasteiger partial charge in [-0.15, -0.1) is 0 Å². The molecule has 104 valence electrons. The summed E-state index contributed by atoms with van der Waals surface area (Å²) < 4.78 is 6.35. The second kappa shape index (κ2) is 4.64. The molecule has 0 fully saturated rings. The number of hydrogen-bond donors (Lipinski definition) is 0. The van der Waals surface area contributed by atoms with E-state index in [0.29, 0.717) is 0 Å². The molecule has 1 aliphatic heterocycles. The predicted octanol–water partition coefficient (Wildman–Crippen LogP) is 4.67. The molecule has 3 rings (SSSR count). The Morgan fingerprint density at radius 1 is 0.850 bits per heavy atom. The molecule has 0 bridgehead atoms. The van der Waals surface area contributed by atoms with Crippen molar-refractivity contribution in [2.24, 2.45) is 0 Å². The molecule has 1 aliphatic rings. The molecule has 0 unspecified atom stereocenters. The van der Waals surface area contributed by atoms with E-state index in [1.54, 1.807) is 0 Å². The van der Waals surface area contributed by atoms with E-state index in [1.165, 1.54) is 22.5 Å². The fourth-order valence-corrected chi connectivity index (χ4v) is 2.81. The minimum absolute atomic E-state index is 0.00130. The molecule has 1 heterocycles. The summed E-state index contributed by atoms with van der Waals surface area (Å²) in [7, 11) is 2.12. The zero-order chi connectivity index (χ0) is 14.3. The zero-order valence-corrected chi connectivity index (χ0v) is 12.6. The lowest BCUT2D eigenvalue weighted by molar-refractivity contribution is -0.0430. The van der Waals surface area contributed by atoms with Gasteiger partial charge in [-0.3, -0.25) is 0 Å². The summed E-state index contributed by atoms with van der Waals surface area (Å²) in [6.07, 6.45) is -0.00130. The van der Waals surface area contributed by atoms with Crippen molar-refractivity contribution in [3.05, 3.63) is 59.7 Å². The molecule has 20 heavy (non-hydrogen) atoms. The van der Waals surface area contributed by atoms with E-state index in [9.17, 15) is 0 Å². The Morgan fingerprint density at radius 2 is 1.30 bits per heavy atom. The molecule has 2 nitrogen and oxygen atoms in total. The quantitative estimate of drug-likeness (QED) is 0.744. The maximum Gasteiger partial charge on any atom is 0.112 e. The van der Waals surface area contributed by atoms with Crippen LogP contribution in [0.2, 0.25) is 0 Å². The second-order valence-electron chi connectivity index (χ2n) is 6.29. The van der Waals surface area contributed by atoms with Crippen molar-refractivity contribution >= 4 is 11.4 Å². The van der Waals surface area contributed by atoms with Crippen LogP contribution in [-0.2, 0) is 4.74 Å². The third-order valence-corrected chi connectivity index (χ3v) is 3.63. The van der Waals surface area contributed by atoms with Crippen molar-refractivity contribution in [1.29, 1.82) is 0 Å². The smallest absolute Gasteiger partial charge is 0.112 e. The van der Waals surface area contributed by atoms with Crippen LogP contribution in [0.15, 0.2) is 48.5 Å². The van der Waals surface area contributed by atoms with E-state index >= 15 is 0 Å². The Morgan fingerprint density at radius 3 is 1.75 bits per heavy atom. The summed E-state index contributed by atoms with van der Waals surface area (Å²) in [5.74, 6) is 0. The average molecular weight is 267 g/mol. The summed E-state index contributed by atoms with van der Waals surface area (Å²) >= 11 is 0. The first kappa shape index (κ1) is 13.2. The van der Waals surface area contributed by atoms with E-state index in [-0.39, 0.29) is 11.7 Å². The Kier molecular flexibility index (Phi) is 3.06. The second-order valence-corrected chi connectivity index (χ2v) is 6.29. The van der Waals surface area contributed by atoms with Gasteiger partial charge in [0, 0.05) is 29.5 Å². The Labute approximate surface area is 121 Å². The minimum Gasteiger partial charge on any atom is -0.363 e. The van der Waals surface area contributed by atoms with Crippen LogP contribution in [0, 0.1) is 0 Å². The largest absolute Gasteiger partial charge is 0.363 e. The summed E-state index contributed by atoms with van der Waals surface area (Å²) in [4.78, 5) is 2.24. The topological polar surface area (TPSA) is 12.5 Å². The van der Waals surface area contributed by atoms with Crippen LogP contribution in [0.4, 0.5) is 11.4 Å². The summed E-state index contributed by atoms with van der Waals surface area (Å²) in [6, 6.07) is 17.0. The van der Waals surface area contributed by atoms with E-state index in [0.717, 1.165) is 0 Å². The average Bonchev–Trinajstić information content (AvgIpc) is 2.42. The van der Waals surface area contributed by atoms with E-state index in [4.69, 9.17) is 4.74 Å². The third-order valence-electron chi connectivity index (χ3n) is 3.63. The van der Waals surface area contributed by atoms with E-state index in [2.05, 4.69) is 81.2 Å². The number of fused-ring (bicyclic) bond motifs is 2. The summed E-state index contributed by atoms with van der Waals surface area (Å²) in [6.45, 7) is 6.32. The molecule has 0 amide bonds. The van der Waals surface area contributed by atoms with Crippen LogP contribution < -0.4 is 4.90 Å². The van der Waals surface area contributed by atoms with Crippen LogP contribution in [0.1, 0.15) is 38.0 Å². The Bertz CT molecular complexity index is 580. The van der Waals surface area contributed by atoms with Crippen molar-refractivity contribution in [1.82, 2.24) is 0 Å². The highest BCUT2D eigenvalue weighted by Gasteiger charge is 2.31. The number of anilines is 2. The number of para-hydroxylation sites is 2. The highest BCUT2D eigenvalue weighted by Crippen LogP contribution is 2.46. The monoisotopic (exact) mass is 267 g/mol. The van der Waals surface area contributed by atoms with Crippen molar-refractivity contribution in [3.63, 3.8) is 0 Å². The minimum atomic E-state index is -0.180. The highest BCUT2D eigenvalue weighted by atomic mass is 16.5. The maximum atomic E-state index is 6.35. The first-order valence-corrected chi connectivity index (χ1v) is 7.07. The number of benzene rings is 2. The van der Waals surface area contributed by atoms with Gasteiger partial charge in [-0.25, -0.2) is 0 Å². The maximum absolute atomic E-state index is 6.35. The SMILES string of the molecule is CN1c2ccccc2C(OC(C)(C)C)c2ccccc21. The molecule has 2 aromatic rings. The van der Waals surface area contributed by atoms with Crippen molar-refractivity contribution < 1.29 is 4.74 Å². The lowest BCUT2D eigenvalue weighted by Gasteiger charge is -2.38. The van der Waals surface area contributed by atoms with Crippen LogP contribution in [0.3, 0.4) is 0 Å². The Balaban J connectivity index is 2.17. The van der Waals surface area contributed by atoms with Crippen LogP contribution in [0.25, 0.3) is 0 Å². The van der Waals surface area contributed by atoms with Crippen LogP contribution in [-0.4, -0.2) is 12.6 Å². The molecule has 0 spiro atoms. The first-order valence-electron chi connectivity index (χ1n) is 7.07. The summed E-state index contributed by atoms with van der Waals surface area (Å²) in [5.41, 5.74) is 4.74. The van der Waals surface area contributed by atoms with Crippen molar-refractivity contribution in [3.8, 4) is 0 Å². The molecular weight excluding hydrogens is 246 g/mol. The van der Waals surface area contributed by atoms with Gasteiger partial charge in [0.1, 0.15) is 6.10 Å². The normalized spacial score (nSPS) is 14.9. The van der Waals surface area contributed by atoms with E-state index < -0.39 is 0 Å². The van der Waals surface area contributed by atoms with Gasteiger partial charge in [0.25, 0.3) is 0 Å². The molecule has 0 N–H and O–H groups in total. The fourth-order valence-electron chi connectivity index (χ4n) is 2.81. The number of ether oxygens (including phenoxy) is 1. The molecule has 0 aliphatic carbocycles. The highest BCUT2D eigenvalue weighted by molar-refractivity contribution is 5.74. The van der Waals surface area contributed by atoms with Crippen LogP contribution in [0.5, 0.6) is 0 Å². The van der Waals surface area contributed by atoms with Gasteiger partial charge in [0.15, 0.2) is 0 Å². The predicted molar refractivity (Wildman–Crippen MR) is 83.6 cm³/mol. The number of rotatable bonds is 1. The molecule has 0 saturated heterocycles. The third kappa shape index (κ3) is 2.20. The fraction of sp³-hybridized carbons (Fsp3) is 0.333. The molecule has 0 atom stereocenters. The lowest BCUT2D eigenvalue weighted by Crippen LogP contribution is -2.28. The summed E-state index contributed by atoms with van der Waals surface area (Å²) in [5, 5.41) is 0. The zero-order valence-electron chi connectivity index (χ0n) is 12.6. The first-order chi connectivity index (χ1) is 9.47. The van der Waals surface area contributed by atoms with Gasteiger partial charge >= 0.3 is 0 Å². The van der Waals surface area contributed by atoms with Crippen molar-refractivity contribution in [2.45, 2.75) is 32.5 Å². The van der Waals surface area contributed by atoms with Gasteiger partial charge in [0.2, 0.25) is 0 Å². The number of nitrogens with zero attached hydrogens (tertiary/aromatic N) is 1. The molecule has 0 radical (unpaired) electrons. The van der Waals surface area contributed by atoms with Gasteiger partial charge in [-0.1, -0.05) is 36.4 Å². The van der Waals surface area contributed by atoms with Crippen LogP contribution >= 0.6 is 0 Å². The molecule has 0 saturated carbocycles. The van der Waals surface area contributed by atoms with Gasteiger partial charge in [-0.2, -0.15) is 0 Å². The molecule has 2 aromatic carbocycles. The van der Waals surface area contributed by atoms with Gasteiger partial charge in [0.05, 0.1) is 5.60 Å². The number of hydrogen-bond acceptors (Lipinski definition) is 2.